The first-order valence-electron chi connectivity index (χ1n) is 9.18. The number of aliphatic imine (C=N–C) groups is 1. The van der Waals surface area contributed by atoms with Crippen LogP contribution in [0.25, 0.3) is 0 Å². The monoisotopic (exact) mass is 418 g/mol. The van der Waals surface area contributed by atoms with Gasteiger partial charge in [-0.05, 0) is 37.1 Å². The number of sulfone groups is 1. The lowest BCUT2D eigenvalue weighted by Crippen LogP contribution is -2.49. The molecule has 0 amide bonds. The van der Waals surface area contributed by atoms with Crippen LogP contribution in [0.15, 0.2) is 34.2 Å². The summed E-state index contributed by atoms with van der Waals surface area (Å²) >= 11 is 0. The Morgan fingerprint density at radius 1 is 1.29 bits per heavy atom. The summed E-state index contributed by atoms with van der Waals surface area (Å²) < 4.78 is 53.3. The van der Waals surface area contributed by atoms with Gasteiger partial charge in [0.1, 0.15) is 12.4 Å². The van der Waals surface area contributed by atoms with Crippen LogP contribution in [0.1, 0.15) is 12.8 Å². The Kier molecular flexibility index (Phi) is 8.43. The van der Waals surface area contributed by atoms with E-state index in [-0.39, 0.29) is 17.5 Å². The molecule has 158 valence electrons. The molecule has 0 radical (unpaired) electrons. The van der Waals surface area contributed by atoms with Crippen molar-refractivity contribution in [2.45, 2.75) is 30.2 Å². The lowest BCUT2D eigenvalue weighted by molar-refractivity contribution is 0.0744. The van der Waals surface area contributed by atoms with E-state index in [2.05, 4.69) is 15.6 Å². The molecule has 1 fully saturated rings. The zero-order valence-electron chi connectivity index (χ0n) is 16.2. The molecule has 1 aromatic rings. The lowest BCUT2D eigenvalue weighted by Gasteiger charge is -2.32. The average Bonchev–Trinajstić information content (AvgIpc) is 2.65. The van der Waals surface area contributed by atoms with Crippen LogP contribution in [0.2, 0.25) is 0 Å². The summed E-state index contributed by atoms with van der Waals surface area (Å²) in [5.74, 6) is 1.23. The maximum absolute atomic E-state index is 12.4. The van der Waals surface area contributed by atoms with Crippen LogP contribution in [0.3, 0.4) is 0 Å². The van der Waals surface area contributed by atoms with E-state index >= 15 is 0 Å². The van der Waals surface area contributed by atoms with E-state index in [0.717, 1.165) is 19.1 Å². The number of alkyl halides is 2. The van der Waals surface area contributed by atoms with Crippen molar-refractivity contribution in [1.82, 2.24) is 15.5 Å². The van der Waals surface area contributed by atoms with Gasteiger partial charge >= 0.3 is 0 Å². The molecule has 0 aliphatic carbocycles. The molecule has 0 aromatic heterocycles. The van der Waals surface area contributed by atoms with Gasteiger partial charge in [0.15, 0.2) is 15.8 Å². The number of halogens is 2. The molecule has 10 heteroatoms. The van der Waals surface area contributed by atoms with Crippen molar-refractivity contribution < 1.29 is 21.9 Å². The molecular formula is C18H28F2N4O3S. The van der Waals surface area contributed by atoms with Crippen LogP contribution >= 0.6 is 0 Å². The van der Waals surface area contributed by atoms with Gasteiger partial charge in [-0.2, -0.15) is 0 Å². The Labute approximate surface area is 165 Å². The van der Waals surface area contributed by atoms with E-state index in [0.29, 0.717) is 38.0 Å². The fraction of sp³-hybridized carbons (Fsp3) is 0.611. The third-order valence-electron chi connectivity index (χ3n) is 4.46. The summed E-state index contributed by atoms with van der Waals surface area (Å²) in [7, 11) is -1.54. The average molecular weight is 419 g/mol. The summed E-state index contributed by atoms with van der Waals surface area (Å²) in [6.07, 6.45) is 0.447. The number of guanidine groups is 1. The maximum atomic E-state index is 12.4. The number of nitrogens with zero attached hydrogens (tertiary/aromatic N) is 2. The maximum Gasteiger partial charge on any atom is 0.251 e. The Bertz CT molecular complexity index is 734. The van der Waals surface area contributed by atoms with Gasteiger partial charge in [0, 0.05) is 32.4 Å². The highest BCUT2D eigenvalue weighted by Crippen LogP contribution is 2.15. The molecule has 2 N–H and O–H groups in total. The highest BCUT2D eigenvalue weighted by molar-refractivity contribution is 7.90. The van der Waals surface area contributed by atoms with Crippen LogP contribution in [0.4, 0.5) is 8.78 Å². The minimum atomic E-state index is -3.22. The molecule has 1 aliphatic rings. The number of piperidine rings is 1. The Morgan fingerprint density at radius 3 is 2.46 bits per heavy atom. The first kappa shape index (κ1) is 22.4. The van der Waals surface area contributed by atoms with Gasteiger partial charge in [-0.15, -0.1) is 0 Å². The zero-order valence-corrected chi connectivity index (χ0v) is 17.0. The van der Waals surface area contributed by atoms with Crippen LogP contribution in [0, 0.1) is 0 Å². The lowest BCUT2D eigenvalue weighted by atomic mass is 10.1. The highest BCUT2D eigenvalue weighted by atomic mass is 32.2. The van der Waals surface area contributed by atoms with Gasteiger partial charge in [0.25, 0.3) is 6.43 Å². The number of benzene rings is 1. The fourth-order valence-corrected chi connectivity index (χ4v) is 3.59. The minimum absolute atomic E-state index is 0.164. The summed E-state index contributed by atoms with van der Waals surface area (Å²) in [4.78, 5) is 6.20. The largest absolute Gasteiger partial charge is 0.492 e. The molecule has 0 bridgehead atoms. The van der Waals surface area contributed by atoms with Crippen molar-refractivity contribution in [2.75, 3.05) is 46.1 Å². The van der Waals surface area contributed by atoms with Crippen LogP contribution < -0.4 is 15.4 Å². The summed E-state index contributed by atoms with van der Waals surface area (Å²) in [5, 5.41) is 6.46. The van der Waals surface area contributed by atoms with E-state index in [9.17, 15) is 17.2 Å². The molecular weight excluding hydrogens is 390 g/mol. The summed E-state index contributed by atoms with van der Waals surface area (Å²) in [6, 6.07) is 6.47. The molecule has 0 saturated carbocycles. The molecule has 1 saturated heterocycles. The third kappa shape index (κ3) is 7.59. The Morgan fingerprint density at radius 2 is 1.93 bits per heavy atom. The van der Waals surface area contributed by atoms with Crippen molar-refractivity contribution in [1.29, 1.82) is 0 Å². The normalized spacial score (nSPS) is 17.0. The van der Waals surface area contributed by atoms with Crippen molar-refractivity contribution in [2.24, 2.45) is 4.99 Å². The summed E-state index contributed by atoms with van der Waals surface area (Å²) in [6.45, 7) is 2.02. The number of ether oxygens (including phenoxy) is 1. The molecule has 7 nitrogen and oxygen atoms in total. The third-order valence-corrected chi connectivity index (χ3v) is 5.59. The number of rotatable bonds is 8. The molecule has 0 spiro atoms. The van der Waals surface area contributed by atoms with Gasteiger partial charge in [-0.1, -0.05) is 0 Å². The second kappa shape index (κ2) is 10.6. The highest BCUT2D eigenvalue weighted by Gasteiger charge is 2.21. The molecule has 1 aromatic carbocycles. The van der Waals surface area contributed by atoms with E-state index in [1.165, 1.54) is 12.1 Å². The SMILES string of the molecule is CN=C(NCCOc1ccc(S(C)(=O)=O)cc1)NC1CCN(CC(F)F)CC1. The second-order valence-electron chi connectivity index (χ2n) is 6.70. The van der Waals surface area contributed by atoms with Gasteiger partial charge in [-0.3, -0.25) is 9.89 Å². The zero-order chi connectivity index (χ0) is 20.6. The molecule has 0 unspecified atom stereocenters. The van der Waals surface area contributed by atoms with Gasteiger partial charge < -0.3 is 15.4 Å². The van der Waals surface area contributed by atoms with Gasteiger partial charge in [0.2, 0.25) is 0 Å². The smallest absolute Gasteiger partial charge is 0.251 e. The Hall–Kier alpha value is -1.94. The molecule has 28 heavy (non-hydrogen) atoms. The van der Waals surface area contributed by atoms with Crippen molar-refractivity contribution >= 4 is 15.8 Å². The first-order valence-corrected chi connectivity index (χ1v) is 11.1. The van der Waals surface area contributed by atoms with E-state index in [1.807, 2.05) is 0 Å². The number of nitrogens with one attached hydrogen (secondary N) is 2. The first-order chi connectivity index (χ1) is 13.3. The van der Waals surface area contributed by atoms with E-state index in [4.69, 9.17) is 4.74 Å². The minimum Gasteiger partial charge on any atom is -0.492 e. The molecule has 1 aliphatic heterocycles. The fourth-order valence-electron chi connectivity index (χ4n) is 2.96. The topological polar surface area (TPSA) is 83.0 Å². The second-order valence-corrected chi connectivity index (χ2v) is 8.72. The predicted molar refractivity (Wildman–Crippen MR) is 105 cm³/mol. The standard InChI is InChI=1S/C18H28F2N4O3S/c1-21-18(23-14-7-10-24(11-8-14)13-17(19)20)22-9-12-27-15-3-5-16(6-4-15)28(2,25)26/h3-6,14,17H,7-13H2,1-2H3,(H2,21,22,23). The van der Waals surface area contributed by atoms with Crippen LogP contribution in [-0.4, -0.2) is 77.8 Å². The van der Waals surface area contributed by atoms with E-state index in [1.54, 1.807) is 24.1 Å². The quantitative estimate of drug-likeness (QED) is 0.377. The Balaban J connectivity index is 1.67. The van der Waals surface area contributed by atoms with Crippen LogP contribution in [0.5, 0.6) is 5.75 Å². The van der Waals surface area contributed by atoms with Crippen LogP contribution in [-0.2, 0) is 9.84 Å². The molecule has 2 rings (SSSR count). The van der Waals surface area contributed by atoms with Crippen molar-refractivity contribution in [3.05, 3.63) is 24.3 Å². The number of hydrogen-bond acceptors (Lipinski definition) is 5. The number of likely N-dealkylation sites (tertiary alicyclic amines) is 1. The van der Waals surface area contributed by atoms with E-state index < -0.39 is 16.3 Å². The van der Waals surface area contributed by atoms with Crippen molar-refractivity contribution in [3.8, 4) is 5.75 Å². The van der Waals surface area contributed by atoms with Gasteiger partial charge in [-0.25, -0.2) is 17.2 Å². The van der Waals surface area contributed by atoms with Crippen molar-refractivity contribution in [3.63, 3.8) is 0 Å². The predicted octanol–water partition coefficient (Wildman–Crippen LogP) is 1.36. The number of hydrogen-bond donors (Lipinski definition) is 2. The summed E-state index contributed by atoms with van der Waals surface area (Å²) in [5.41, 5.74) is 0. The van der Waals surface area contributed by atoms with Gasteiger partial charge in [0.05, 0.1) is 18.0 Å². The molecule has 0 atom stereocenters. The molecule has 1 heterocycles.